The van der Waals surface area contributed by atoms with Crippen LogP contribution < -0.4 is 0 Å². The van der Waals surface area contributed by atoms with E-state index in [1.165, 1.54) is 12.1 Å². The molecule has 2 atom stereocenters. The second kappa shape index (κ2) is 8.58. The van der Waals surface area contributed by atoms with Gasteiger partial charge < -0.3 is 9.64 Å². The Bertz CT molecular complexity index is 729. The number of hydrogen-bond acceptors (Lipinski definition) is 3. The van der Waals surface area contributed by atoms with E-state index >= 15 is 0 Å². The van der Waals surface area contributed by atoms with E-state index in [-0.39, 0.29) is 11.7 Å². The van der Waals surface area contributed by atoms with Gasteiger partial charge >= 0.3 is 0 Å². The van der Waals surface area contributed by atoms with Gasteiger partial charge in [-0.1, -0.05) is 18.2 Å². The molecular weight excluding hydrogens is 321 g/mol. The summed E-state index contributed by atoms with van der Waals surface area (Å²) >= 11 is 0. The molecule has 134 valence electrons. The van der Waals surface area contributed by atoms with Crippen LogP contribution in [0.25, 0.3) is 0 Å². The summed E-state index contributed by atoms with van der Waals surface area (Å²) in [7, 11) is 3.49. The van der Waals surface area contributed by atoms with Crippen LogP contribution in [0.15, 0.2) is 49.3 Å². The number of carbonyl (C=O) groups excluding carboxylic acids is 1. The fourth-order valence-corrected chi connectivity index (χ4v) is 2.71. The molecule has 1 amide bonds. The number of ether oxygens (including phenoxy) is 1. The van der Waals surface area contributed by atoms with Crippen LogP contribution in [0.1, 0.15) is 30.5 Å². The molecule has 1 aromatic heterocycles. The number of amides is 1. The van der Waals surface area contributed by atoms with Crippen molar-refractivity contribution in [1.82, 2.24) is 14.7 Å². The first kappa shape index (κ1) is 18.9. The summed E-state index contributed by atoms with van der Waals surface area (Å²) in [5.74, 6) is -0.523. The minimum absolute atomic E-state index is 0.179. The first-order chi connectivity index (χ1) is 11.9. The number of rotatable bonds is 8. The zero-order chi connectivity index (χ0) is 18.4. The predicted molar refractivity (Wildman–Crippen MR) is 94.4 cm³/mol. The summed E-state index contributed by atoms with van der Waals surface area (Å²) in [6.45, 7) is 5.78. The molecule has 0 radical (unpaired) electrons. The fourth-order valence-electron chi connectivity index (χ4n) is 2.71. The van der Waals surface area contributed by atoms with Crippen LogP contribution in [0, 0.1) is 5.82 Å². The van der Waals surface area contributed by atoms with Gasteiger partial charge in [0.05, 0.1) is 18.8 Å². The standard InChI is InChI=1S/C19H24FN3O2/c1-5-6-10-25-14(2)19(24)23(4)18(16-12-21-22(3)13-16)15-8-7-9-17(20)11-15/h5,7-9,11-14,18H,1,6,10H2,2-4H3/t14-,18-/m0/s1. The third kappa shape index (κ3) is 4.76. The van der Waals surface area contributed by atoms with Crippen molar-refractivity contribution in [3.05, 3.63) is 66.3 Å². The molecule has 0 spiro atoms. The second-order valence-corrected chi connectivity index (χ2v) is 5.94. The zero-order valence-corrected chi connectivity index (χ0v) is 14.9. The lowest BCUT2D eigenvalue weighted by Crippen LogP contribution is -2.39. The Hall–Kier alpha value is -2.47. The Labute approximate surface area is 147 Å². The Morgan fingerprint density at radius 3 is 2.84 bits per heavy atom. The van der Waals surface area contributed by atoms with E-state index in [0.717, 1.165) is 5.56 Å². The van der Waals surface area contributed by atoms with E-state index in [1.54, 1.807) is 55.0 Å². The molecule has 0 unspecified atom stereocenters. The number of halogens is 1. The zero-order valence-electron chi connectivity index (χ0n) is 14.9. The highest BCUT2D eigenvalue weighted by atomic mass is 19.1. The van der Waals surface area contributed by atoms with Crippen molar-refractivity contribution in [2.45, 2.75) is 25.5 Å². The molecular formula is C19H24FN3O2. The molecule has 0 aliphatic rings. The highest BCUT2D eigenvalue weighted by Crippen LogP contribution is 2.28. The summed E-state index contributed by atoms with van der Waals surface area (Å²) in [6.07, 6.45) is 5.33. The van der Waals surface area contributed by atoms with Gasteiger partial charge in [0.25, 0.3) is 5.91 Å². The highest BCUT2D eigenvalue weighted by molar-refractivity contribution is 5.81. The highest BCUT2D eigenvalue weighted by Gasteiger charge is 2.28. The minimum atomic E-state index is -0.599. The van der Waals surface area contributed by atoms with Crippen molar-refractivity contribution >= 4 is 5.91 Å². The van der Waals surface area contributed by atoms with E-state index in [9.17, 15) is 9.18 Å². The van der Waals surface area contributed by atoms with E-state index in [2.05, 4.69) is 11.7 Å². The summed E-state index contributed by atoms with van der Waals surface area (Å²) in [4.78, 5) is 14.3. The molecule has 1 aromatic carbocycles. The average Bonchev–Trinajstić information content (AvgIpc) is 3.00. The van der Waals surface area contributed by atoms with Crippen LogP contribution >= 0.6 is 0 Å². The molecule has 0 aliphatic carbocycles. The van der Waals surface area contributed by atoms with E-state index < -0.39 is 12.1 Å². The topological polar surface area (TPSA) is 47.4 Å². The van der Waals surface area contributed by atoms with Gasteiger partial charge in [0.2, 0.25) is 0 Å². The van der Waals surface area contributed by atoms with Crippen LogP contribution in [-0.4, -0.2) is 40.3 Å². The van der Waals surface area contributed by atoms with E-state index in [1.807, 2.05) is 6.20 Å². The average molecular weight is 345 g/mol. The largest absolute Gasteiger partial charge is 0.368 e. The predicted octanol–water partition coefficient (Wildman–Crippen LogP) is 3.09. The first-order valence-corrected chi connectivity index (χ1v) is 8.17. The summed E-state index contributed by atoms with van der Waals surface area (Å²) in [5, 5.41) is 4.18. The summed E-state index contributed by atoms with van der Waals surface area (Å²) < 4.78 is 20.9. The SMILES string of the molecule is C=CCCO[C@@H](C)C(=O)N(C)[C@@H](c1cccc(F)c1)c1cnn(C)c1. The number of hydrogen-bond donors (Lipinski definition) is 0. The normalized spacial score (nSPS) is 13.3. The lowest BCUT2D eigenvalue weighted by atomic mass is 9.99. The molecule has 0 bridgehead atoms. The van der Waals surface area contributed by atoms with Gasteiger partial charge in [-0.15, -0.1) is 6.58 Å². The van der Waals surface area contributed by atoms with Crippen LogP contribution in [0.5, 0.6) is 0 Å². The molecule has 2 rings (SSSR count). The maximum absolute atomic E-state index is 13.7. The fraction of sp³-hybridized carbons (Fsp3) is 0.368. The maximum atomic E-state index is 13.7. The maximum Gasteiger partial charge on any atom is 0.251 e. The first-order valence-electron chi connectivity index (χ1n) is 8.17. The summed E-state index contributed by atoms with van der Waals surface area (Å²) in [5.41, 5.74) is 1.49. The Balaban J connectivity index is 2.28. The Morgan fingerprint density at radius 2 is 2.24 bits per heavy atom. The van der Waals surface area contributed by atoms with Gasteiger partial charge in [0.15, 0.2) is 0 Å². The number of likely N-dealkylation sites (N-methyl/N-ethyl adjacent to an activating group) is 1. The molecule has 6 heteroatoms. The number of nitrogens with zero attached hydrogens (tertiary/aromatic N) is 3. The smallest absolute Gasteiger partial charge is 0.251 e. The number of aryl methyl sites for hydroxylation is 1. The van der Waals surface area contributed by atoms with Crippen molar-refractivity contribution < 1.29 is 13.9 Å². The number of carbonyl (C=O) groups is 1. The molecule has 2 aromatic rings. The van der Waals surface area contributed by atoms with Gasteiger partial charge in [-0.3, -0.25) is 9.48 Å². The number of aromatic nitrogens is 2. The van der Waals surface area contributed by atoms with Crippen molar-refractivity contribution in [2.24, 2.45) is 7.05 Å². The van der Waals surface area contributed by atoms with Crippen molar-refractivity contribution in [1.29, 1.82) is 0 Å². The molecule has 0 N–H and O–H groups in total. The van der Waals surface area contributed by atoms with Gasteiger partial charge in [0.1, 0.15) is 11.9 Å². The van der Waals surface area contributed by atoms with Crippen LogP contribution in [0.3, 0.4) is 0 Å². The quantitative estimate of drug-likeness (QED) is 0.546. The Kier molecular flexibility index (Phi) is 6.47. The molecule has 0 fully saturated rings. The molecule has 25 heavy (non-hydrogen) atoms. The van der Waals surface area contributed by atoms with Crippen LogP contribution in [0.4, 0.5) is 4.39 Å². The number of benzene rings is 1. The van der Waals surface area contributed by atoms with Crippen LogP contribution in [0.2, 0.25) is 0 Å². The molecule has 1 heterocycles. The van der Waals surface area contributed by atoms with Crippen molar-refractivity contribution in [2.75, 3.05) is 13.7 Å². The monoisotopic (exact) mass is 345 g/mol. The molecule has 0 saturated carbocycles. The second-order valence-electron chi connectivity index (χ2n) is 5.94. The Morgan fingerprint density at radius 1 is 1.48 bits per heavy atom. The summed E-state index contributed by atoms with van der Waals surface area (Å²) in [6, 6.07) is 5.81. The molecule has 5 nitrogen and oxygen atoms in total. The van der Waals surface area contributed by atoms with Gasteiger partial charge in [0, 0.05) is 25.9 Å². The van der Waals surface area contributed by atoms with Crippen molar-refractivity contribution in [3.63, 3.8) is 0 Å². The third-order valence-electron chi connectivity index (χ3n) is 3.98. The van der Waals surface area contributed by atoms with Crippen LogP contribution in [-0.2, 0) is 16.6 Å². The van der Waals surface area contributed by atoms with E-state index in [0.29, 0.717) is 18.6 Å². The van der Waals surface area contributed by atoms with Crippen molar-refractivity contribution in [3.8, 4) is 0 Å². The lowest BCUT2D eigenvalue weighted by molar-refractivity contribution is -0.142. The van der Waals surface area contributed by atoms with Gasteiger partial charge in [-0.25, -0.2) is 4.39 Å². The van der Waals surface area contributed by atoms with Gasteiger partial charge in [-0.05, 0) is 31.0 Å². The molecule has 0 aliphatic heterocycles. The van der Waals surface area contributed by atoms with E-state index in [4.69, 9.17) is 4.74 Å². The molecule has 0 saturated heterocycles. The lowest BCUT2D eigenvalue weighted by Gasteiger charge is -2.30. The van der Waals surface area contributed by atoms with Gasteiger partial charge in [-0.2, -0.15) is 5.10 Å². The minimum Gasteiger partial charge on any atom is -0.368 e. The third-order valence-corrected chi connectivity index (χ3v) is 3.98.